The summed E-state index contributed by atoms with van der Waals surface area (Å²) in [6.45, 7) is 0. The van der Waals surface area contributed by atoms with Gasteiger partial charge < -0.3 is 0 Å². The third kappa shape index (κ3) is 3.93. The van der Waals surface area contributed by atoms with Crippen LogP contribution in [0, 0.1) is 0 Å². The molecule has 0 radical (unpaired) electrons. The average molecular weight is 397 g/mol. The molecule has 1 unspecified atom stereocenters. The van der Waals surface area contributed by atoms with Crippen LogP contribution in [0.4, 0.5) is 0 Å². The van der Waals surface area contributed by atoms with Crippen molar-refractivity contribution in [2.75, 3.05) is 0 Å². The van der Waals surface area contributed by atoms with E-state index in [2.05, 4.69) is 140 Å². The molecule has 0 aromatic heterocycles. The minimum Gasteiger partial charge on any atom is -0.0622 e. The molecule has 1 aliphatic carbocycles. The highest BCUT2D eigenvalue weighted by atomic mass is 14.3. The molecular formula is C31H24. The Hall–Kier alpha value is -3.90. The fourth-order valence-corrected chi connectivity index (χ4v) is 4.44. The van der Waals surface area contributed by atoms with Crippen LogP contribution < -0.4 is 0 Å². The molecule has 1 atom stereocenters. The van der Waals surface area contributed by atoms with E-state index in [4.69, 9.17) is 0 Å². The van der Waals surface area contributed by atoms with Gasteiger partial charge in [-0.25, -0.2) is 0 Å². The molecule has 4 aromatic rings. The zero-order valence-electron chi connectivity index (χ0n) is 17.4. The van der Waals surface area contributed by atoms with E-state index in [0.29, 0.717) is 0 Å². The van der Waals surface area contributed by atoms with Crippen LogP contribution >= 0.6 is 0 Å². The average Bonchev–Trinajstić information content (AvgIpc) is 3.06. The number of allylic oxidation sites excluding steroid dienone is 6. The second-order valence-corrected chi connectivity index (χ2v) is 7.75. The van der Waals surface area contributed by atoms with Gasteiger partial charge in [-0.2, -0.15) is 0 Å². The highest BCUT2D eigenvalue weighted by Gasteiger charge is 2.27. The van der Waals surface area contributed by atoms with Gasteiger partial charge in [0.05, 0.1) is 0 Å². The van der Waals surface area contributed by atoms with Crippen molar-refractivity contribution in [1.82, 2.24) is 0 Å². The zero-order chi connectivity index (χ0) is 20.9. The summed E-state index contributed by atoms with van der Waals surface area (Å²) in [6, 6.07) is 43.2. The summed E-state index contributed by atoms with van der Waals surface area (Å²) in [5.74, 6) is 0.121. The van der Waals surface area contributed by atoms with Crippen LogP contribution in [-0.4, -0.2) is 0 Å². The van der Waals surface area contributed by atoms with Crippen molar-refractivity contribution in [3.05, 3.63) is 162 Å². The molecule has 31 heavy (non-hydrogen) atoms. The Morgan fingerprint density at radius 2 is 0.935 bits per heavy atom. The molecule has 0 fully saturated rings. The maximum atomic E-state index is 2.28. The molecule has 0 bridgehead atoms. The van der Waals surface area contributed by atoms with E-state index in [1.165, 1.54) is 39.0 Å². The van der Waals surface area contributed by atoms with Crippen LogP contribution in [0.3, 0.4) is 0 Å². The van der Waals surface area contributed by atoms with E-state index in [9.17, 15) is 0 Å². The highest BCUT2D eigenvalue weighted by molar-refractivity contribution is 6.04. The van der Waals surface area contributed by atoms with E-state index < -0.39 is 0 Å². The Morgan fingerprint density at radius 3 is 1.52 bits per heavy atom. The smallest absolute Gasteiger partial charge is 0.0358 e. The zero-order valence-corrected chi connectivity index (χ0v) is 17.4. The molecule has 0 N–H and O–H groups in total. The van der Waals surface area contributed by atoms with Gasteiger partial charge in [0.25, 0.3) is 0 Å². The third-order valence-corrected chi connectivity index (χ3v) is 5.84. The fraction of sp³-hybridized carbons (Fsp3) is 0.0323. The van der Waals surface area contributed by atoms with E-state index in [1.807, 2.05) is 0 Å². The molecule has 0 saturated heterocycles. The predicted octanol–water partition coefficient (Wildman–Crippen LogP) is 8.03. The molecule has 0 aliphatic heterocycles. The van der Waals surface area contributed by atoms with Gasteiger partial charge in [-0.15, -0.1) is 0 Å². The van der Waals surface area contributed by atoms with E-state index in [-0.39, 0.29) is 5.92 Å². The first-order chi connectivity index (χ1) is 15.4. The van der Waals surface area contributed by atoms with Crippen molar-refractivity contribution in [3.8, 4) is 0 Å². The minimum absolute atomic E-state index is 0.121. The fourth-order valence-electron chi connectivity index (χ4n) is 4.44. The lowest BCUT2D eigenvalue weighted by atomic mass is 9.76. The number of hydrogen-bond donors (Lipinski definition) is 0. The van der Waals surface area contributed by atoms with Gasteiger partial charge in [0.1, 0.15) is 0 Å². The van der Waals surface area contributed by atoms with Crippen LogP contribution in [0.2, 0.25) is 0 Å². The van der Waals surface area contributed by atoms with Crippen LogP contribution in [0.15, 0.2) is 140 Å². The van der Waals surface area contributed by atoms with Crippen LogP contribution in [0.1, 0.15) is 28.2 Å². The first-order valence-electron chi connectivity index (χ1n) is 10.8. The Kier molecular flexibility index (Phi) is 5.45. The Balaban J connectivity index is 1.83. The van der Waals surface area contributed by atoms with Gasteiger partial charge in [-0.1, -0.05) is 140 Å². The molecule has 0 amide bonds. The van der Waals surface area contributed by atoms with Crippen molar-refractivity contribution in [2.24, 2.45) is 0 Å². The Labute approximate surface area is 184 Å². The van der Waals surface area contributed by atoms with E-state index in [0.717, 1.165) is 0 Å². The molecule has 0 heteroatoms. The Bertz CT molecular complexity index is 1230. The van der Waals surface area contributed by atoms with Crippen LogP contribution in [0.25, 0.3) is 16.7 Å². The van der Waals surface area contributed by atoms with Crippen LogP contribution in [0.5, 0.6) is 0 Å². The van der Waals surface area contributed by atoms with Crippen molar-refractivity contribution in [3.63, 3.8) is 0 Å². The lowest BCUT2D eigenvalue weighted by Crippen LogP contribution is -2.07. The summed E-state index contributed by atoms with van der Waals surface area (Å²) in [5.41, 5.74) is 8.96. The molecule has 0 nitrogen and oxygen atoms in total. The number of rotatable bonds is 4. The molecule has 0 spiro atoms. The van der Waals surface area contributed by atoms with Crippen molar-refractivity contribution < 1.29 is 0 Å². The molecule has 148 valence electrons. The number of benzene rings is 4. The molecule has 4 aromatic carbocycles. The number of hydrogen-bond acceptors (Lipinski definition) is 0. The molecule has 0 saturated carbocycles. The van der Waals surface area contributed by atoms with Gasteiger partial charge in [-0.05, 0) is 39.0 Å². The quantitative estimate of drug-likeness (QED) is 0.327. The van der Waals surface area contributed by atoms with Gasteiger partial charge in [-0.3, -0.25) is 0 Å². The molecule has 1 aliphatic rings. The summed E-state index contributed by atoms with van der Waals surface area (Å²) in [7, 11) is 0. The first kappa shape index (κ1) is 19.1. The van der Waals surface area contributed by atoms with Crippen LogP contribution in [-0.2, 0) is 0 Å². The second-order valence-electron chi connectivity index (χ2n) is 7.75. The van der Waals surface area contributed by atoms with E-state index >= 15 is 0 Å². The van der Waals surface area contributed by atoms with Gasteiger partial charge in [0.2, 0.25) is 0 Å². The largest absolute Gasteiger partial charge is 0.0622 e. The maximum Gasteiger partial charge on any atom is 0.0358 e. The lowest BCUT2D eigenvalue weighted by molar-refractivity contribution is 1.12. The summed E-state index contributed by atoms with van der Waals surface area (Å²) < 4.78 is 0. The van der Waals surface area contributed by atoms with E-state index in [1.54, 1.807) is 0 Å². The summed E-state index contributed by atoms with van der Waals surface area (Å²) in [6.07, 6.45) is 6.76. The van der Waals surface area contributed by atoms with Gasteiger partial charge in [0.15, 0.2) is 0 Å². The molecule has 5 rings (SSSR count). The van der Waals surface area contributed by atoms with Crippen molar-refractivity contribution >= 4 is 16.7 Å². The maximum absolute atomic E-state index is 2.28. The monoisotopic (exact) mass is 396 g/mol. The normalized spacial score (nSPS) is 16.0. The highest BCUT2D eigenvalue weighted by Crippen LogP contribution is 2.47. The SMILES string of the molecule is C1=CC(c2ccccc2)=C(c2ccccc2)C(c2ccccc2)C(c2ccccc2)=C1. The summed E-state index contributed by atoms with van der Waals surface area (Å²) >= 11 is 0. The first-order valence-corrected chi connectivity index (χ1v) is 10.8. The van der Waals surface area contributed by atoms with Gasteiger partial charge in [0, 0.05) is 5.92 Å². The standard InChI is InChI=1S/C31H24/c1-5-14-24(15-6-1)28-22-13-23-29(25-16-7-2-8-17-25)31(27-20-11-4-12-21-27)30(28)26-18-9-3-10-19-26/h1-23,30H. The minimum atomic E-state index is 0.121. The summed E-state index contributed by atoms with van der Waals surface area (Å²) in [5, 5.41) is 0. The van der Waals surface area contributed by atoms with Crippen molar-refractivity contribution in [2.45, 2.75) is 5.92 Å². The van der Waals surface area contributed by atoms with Crippen molar-refractivity contribution in [1.29, 1.82) is 0 Å². The third-order valence-electron chi connectivity index (χ3n) is 5.84. The topological polar surface area (TPSA) is 0 Å². The Morgan fingerprint density at radius 1 is 0.452 bits per heavy atom. The van der Waals surface area contributed by atoms with Gasteiger partial charge >= 0.3 is 0 Å². The predicted molar refractivity (Wildman–Crippen MR) is 132 cm³/mol. The lowest BCUT2D eigenvalue weighted by Gasteiger charge is -2.26. The molecule has 0 heterocycles. The summed E-state index contributed by atoms with van der Waals surface area (Å²) in [4.78, 5) is 0. The molecular weight excluding hydrogens is 372 g/mol. The second kappa shape index (κ2) is 8.85.